The van der Waals surface area contributed by atoms with E-state index in [0.717, 1.165) is 49.0 Å². The van der Waals surface area contributed by atoms with Crippen LogP contribution < -0.4 is 10.6 Å². The zero-order valence-corrected chi connectivity index (χ0v) is 16.8. The lowest BCUT2D eigenvalue weighted by Crippen LogP contribution is -2.39. The predicted molar refractivity (Wildman–Crippen MR) is 109 cm³/mol. The molecule has 0 aliphatic heterocycles. The first kappa shape index (κ1) is 21.2. The summed E-state index contributed by atoms with van der Waals surface area (Å²) in [6.45, 7) is 11.0. The van der Waals surface area contributed by atoms with Gasteiger partial charge in [-0.3, -0.25) is 0 Å². The first-order chi connectivity index (χ1) is 13.2. The van der Waals surface area contributed by atoms with Gasteiger partial charge in [0.1, 0.15) is 5.65 Å². The standard InChI is InChI=1S/C20H33N5O2/c1-4-6-11-26-13-14-27-12-10-22-20(21-5-2)23-15-18-16-25-17(3)8-7-9-19(25)24-18/h7-9,16H,4-6,10-15H2,1-3H3,(H2,21,22,23). The van der Waals surface area contributed by atoms with Gasteiger partial charge in [0.2, 0.25) is 0 Å². The van der Waals surface area contributed by atoms with E-state index in [1.807, 2.05) is 18.3 Å². The van der Waals surface area contributed by atoms with E-state index >= 15 is 0 Å². The minimum atomic E-state index is 0.530. The minimum absolute atomic E-state index is 0.530. The molecule has 0 radical (unpaired) electrons. The van der Waals surface area contributed by atoms with E-state index in [0.29, 0.717) is 32.9 Å². The maximum atomic E-state index is 5.57. The summed E-state index contributed by atoms with van der Waals surface area (Å²) < 4.78 is 13.1. The first-order valence-corrected chi connectivity index (χ1v) is 9.85. The average molecular weight is 376 g/mol. The highest BCUT2D eigenvalue weighted by molar-refractivity contribution is 5.79. The summed E-state index contributed by atoms with van der Waals surface area (Å²) in [4.78, 5) is 9.23. The Labute approximate surface area is 162 Å². The number of aromatic nitrogens is 2. The molecule has 0 aliphatic rings. The van der Waals surface area contributed by atoms with E-state index in [9.17, 15) is 0 Å². The summed E-state index contributed by atoms with van der Waals surface area (Å²) in [7, 11) is 0. The van der Waals surface area contributed by atoms with Crippen molar-refractivity contribution in [1.82, 2.24) is 20.0 Å². The molecule has 150 valence electrons. The zero-order chi connectivity index (χ0) is 19.3. The summed E-state index contributed by atoms with van der Waals surface area (Å²) in [5.41, 5.74) is 3.06. The number of aryl methyl sites for hydroxylation is 1. The fraction of sp³-hybridized carbons (Fsp3) is 0.600. The molecule has 7 heteroatoms. The van der Waals surface area contributed by atoms with Crippen LogP contribution in [0.15, 0.2) is 29.4 Å². The highest BCUT2D eigenvalue weighted by Crippen LogP contribution is 2.09. The molecular weight excluding hydrogens is 342 g/mol. The summed E-state index contributed by atoms with van der Waals surface area (Å²) >= 11 is 0. The number of pyridine rings is 1. The molecule has 0 fully saturated rings. The highest BCUT2D eigenvalue weighted by atomic mass is 16.5. The zero-order valence-electron chi connectivity index (χ0n) is 16.8. The van der Waals surface area contributed by atoms with Gasteiger partial charge in [-0.25, -0.2) is 9.98 Å². The minimum Gasteiger partial charge on any atom is -0.379 e. The molecule has 0 saturated carbocycles. The monoisotopic (exact) mass is 375 g/mol. The normalized spacial score (nSPS) is 11.9. The smallest absolute Gasteiger partial charge is 0.191 e. The summed E-state index contributed by atoms with van der Waals surface area (Å²) in [6.07, 6.45) is 4.31. The fourth-order valence-corrected chi connectivity index (χ4v) is 2.59. The van der Waals surface area contributed by atoms with Crippen molar-refractivity contribution in [3.8, 4) is 0 Å². The van der Waals surface area contributed by atoms with Gasteiger partial charge in [0, 0.05) is 31.6 Å². The van der Waals surface area contributed by atoms with Gasteiger partial charge in [-0.2, -0.15) is 0 Å². The molecule has 0 aliphatic carbocycles. The lowest BCUT2D eigenvalue weighted by molar-refractivity contribution is 0.0487. The van der Waals surface area contributed by atoms with Gasteiger partial charge in [0.25, 0.3) is 0 Å². The molecule has 0 unspecified atom stereocenters. The van der Waals surface area contributed by atoms with Crippen molar-refractivity contribution in [2.45, 2.75) is 40.2 Å². The third-order valence-electron chi connectivity index (χ3n) is 4.04. The van der Waals surface area contributed by atoms with Crippen LogP contribution >= 0.6 is 0 Å². The number of ether oxygens (including phenoxy) is 2. The molecule has 2 aromatic heterocycles. The number of aliphatic imine (C=N–C) groups is 1. The van der Waals surface area contributed by atoms with Crippen LogP contribution in [0.4, 0.5) is 0 Å². The summed E-state index contributed by atoms with van der Waals surface area (Å²) in [6, 6.07) is 6.10. The molecule has 0 spiro atoms. The Kier molecular flexibility index (Phi) is 9.65. The largest absolute Gasteiger partial charge is 0.379 e. The quantitative estimate of drug-likeness (QED) is 0.339. The van der Waals surface area contributed by atoms with Gasteiger partial charge in [-0.05, 0) is 32.4 Å². The second-order valence-electron chi connectivity index (χ2n) is 6.33. The van der Waals surface area contributed by atoms with E-state index < -0.39 is 0 Å². The molecule has 2 N–H and O–H groups in total. The topological polar surface area (TPSA) is 72.2 Å². The Morgan fingerprint density at radius 2 is 1.93 bits per heavy atom. The van der Waals surface area contributed by atoms with Gasteiger partial charge in [-0.1, -0.05) is 19.4 Å². The van der Waals surface area contributed by atoms with Crippen molar-refractivity contribution in [3.63, 3.8) is 0 Å². The number of fused-ring (bicyclic) bond motifs is 1. The average Bonchev–Trinajstić information content (AvgIpc) is 3.09. The number of nitrogens with zero attached hydrogens (tertiary/aromatic N) is 3. The molecule has 0 bridgehead atoms. The number of imidazole rings is 1. The van der Waals surface area contributed by atoms with Gasteiger partial charge in [0.15, 0.2) is 5.96 Å². The maximum Gasteiger partial charge on any atom is 0.191 e. The number of rotatable bonds is 12. The van der Waals surface area contributed by atoms with E-state index in [4.69, 9.17) is 9.47 Å². The van der Waals surface area contributed by atoms with Crippen LogP contribution in [0.2, 0.25) is 0 Å². The van der Waals surface area contributed by atoms with Crippen LogP contribution in [0, 0.1) is 6.92 Å². The number of hydrogen-bond donors (Lipinski definition) is 2. The molecule has 2 heterocycles. The summed E-state index contributed by atoms with van der Waals surface area (Å²) in [5.74, 6) is 0.772. The SMILES string of the molecule is CCCCOCCOCCNC(=NCc1cn2c(C)cccc2n1)NCC. The first-order valence-electron chi connectivity index (χ1n) is 9.85. The van der Waals surface area contributed by atoms with Crippen molar-refractivity contribution in [2.24, 2.45) is 4.99 Å². The molecule has 2 aromatic rings. The van der Waals surface area contributed by atoms with E-state index in [1.165, 1.54) is 0 Å². The van der Waals surface area contributed by atoms with E-state index in [2.05, 4.69) is 51.8 Å². The molecule has 7 nitrogen and oxygen atoms in total. The van der Waals surface area contributed by atoms with Crippen molar-refractivity contribution >= 4 is 11.6 Å². The van der Waals surface area contributed by atoms with Crippen molar-refractivity contribution in [3.05, 3.63) is 35.8 Å². The number of unbranched alkanes of at least 4 members (excludes halogenated alkanes) is 1. The van der Waals surface area contributed by atoms with Crippen LogP contribution in [0.5, 0.6) is 0 Å². The lowest BCUT2D eigenvalue weighted by Gasteiger charge is -2.11. The van der Waals surface area contributed by atoms with Gasteiger partial charge < -0.3 is 24.5 Å². The van der Waals surface area contributed by atoms with Crippen LogP contribution in [-0.2, 0) is 16.0 Å². The highest BCUT2D eigenvalue weighted by Gasteiger charge is 2.03. The molecule has 27 heavy (non-hydrogen) atoms. The maximum absolute atomic E-state index is 5.57. The lowest BCUT2D eigenvalue weighted by atomic mass is 10.4. The Morgan fingerprint density at radius 3 is 2.67 bits per heavy atom. The molecule has 0 atom stereocenters. The molecular formula is C20H33N5O2. The van der Waals surface area contributed by atoms with Crippen LogP contribution in [0.3, 0.4) is 0 Å². The fourth-order valence-electron chi connectivity index (χ4n) is 2.59. The number of nitrogens with one attached hydrogen (secondary N) is 2. The Bertz CT molecular complexity index is 699. The van der Waals surface area contributed by atoms with E-state index in [1.54, 1.807) is 0 Å². The summed E-state index contributed by atoms with van der Waals surface area (Å²) in [5, 5.41) is 6.53. The molecule has 2 rings (SSSR count). The number of hydrogen-bond acceptors (Lipinski definition) is 4. The molecule has 0 aromatic carbocycles. The van der Waals surface area contributed by atoms with Gasteiger partial charge in [0.05, 0.1) is 32.1 Å². The van der Waals surface area contributed by atoms with Crippen LogP contribution in [0.25, 0.3) is 5.65 Å². The molecule has 0 amide bonds. The Hall–Kier alpha value is -2.12. The second-order valence-corrected chi connectivity index (χ2v) is 6.33. The molecule has 0 saturated heterocycles. The third kappa shape index (κ3) is 7.56. The second kappa shape index (κ2) is 12.3. The van der Waals surface area contributed by atoms with Gasteiger partial charge in [-0.15, -0.1) is 0 Å². The van der Waals surface area contributed by atoms with Crippen LogP contribution in [0.1, 0.15) is 38.1 Å². The number of guanidine groups is 1. The van der Waals surface area contributed by atoms with Crippen molar-refractivity contribution < 1.29 is 9.47 Å². The van der Waals surface area contributed by atoms with Gasteiger partial charge >= 0.3 is 0 Å². The van der Waals surface area contributed by atoms with Crippen LogP contribution in [-0.4, -0.2) is 54.9 Å². The van der Waals surface area contributed by atoms with Crippen molar-refractivity contribution in [1.29, 1.82) is 0 Å². The third-order valence-corrected chi connectivity index (χ3v) is 4.04. The predicted octanol–water partition coefficient (Wildman–Crippen LogP) is 2.53. The van der Waals surface area contributed by atoms with E-state index in [-0.39, 0.29) is 0 Å². The Morgan fingerprint density at radius 1 is 1.11 bits per heavy atom. The van der Waals surface area contributed by atoms with Crippen molar-refractivity contribution in [2.75, 3.05) is 39.5 Å². The Balaban J connectivity index is 1.72.